The largest absolute Gasteiger partial charge is 0.478 e. The summed E-state index contributed by atoms with van der Waals surface area (Å²) in [6.07, 6.45) is -4.30. The highest BCUT2D eigenvalue weighted by Gasteiger charge is 2.27. The number of aromatic carboxylic acids is 1. The summed E-state index contributed by atoms with van der Waals surface area (Å²) in [7, 11) is 0. The average Bonchev–Trinajstić information content (AvgIpc) is 2.75. The Morgan fingerprint density at radius 1 is 1.30 bits per heavy atom. The van der Waals surface area contributed by atoms with Crippen LogP contribution in [0.15, 0.2) is 18.2 Å². The third kappa shape index (κ3) is 3.94. The summed E-state index contributed by atoms with van der Waals surface area (Å²) in [5, 5.41) is 8.89. The molecule has 1 aliphatic rings. The molecule has 1 N–H and O–H groups in total. The summed E-state index contributed by atoms with van der Waals surface area (Å²) < 4.78 is 40.3. The molecule has 2 rings (SSSR count). The van der Waals surface area contributed by atoms with Crippen LogP contribution < -0.4 is 0 Å². The second kappa shape index (κ2) is 5.80. The third-order valence-corrected chi connectivity index (χ3v) is 3.06. The molecule has 0 aromatic heterocycles. The van der Waals surface area contributed by atoms with E-state index in [1.807, 2.05) is 4.90 Å². The number of carboxylic acid groups (broad SMARTS) is 1. The predicted octanol–water partition coefficient (Wildman–Crippen LogP) is 2.28. The van der Waals surface area contributed by atoms with Crippen LogP contribution in [0.3, 0.4) is 0 Å². The van der Waals surface area contributed by atoms with Crippen molar-refractivity contribution in [2.45, 2.75) is 19.3 Å². The number of carboxylic acids is 1. The van der Waals surface area contributed by atoms with Crippen molar-refractivity contribution in [3.63, 3.8) is 0 Å². The van der Waals surface area contributed by atoms with Crippen LogP contribution >= 0.6 is 0 Å². The van der Waals surface area contributed by atoms with Crippen molar-refractivity contribution in [3.8, 4) is 0 Å². The quantitative estimate of drug-likeness (QED) is 0.845. The molecule has 0 saturated heterocycles. The highest BCUT2D eigenvalue weighted by atomic mass is 19.4. The summed E-state index contributed by atoms with van der Waals surface area (Å²) in [5.41, 5.74) is 2.13. The van der Waals surface area contributed by atoms with E-state index in [9.17, 15) is 18.0 Å². The molecule has 0 aliphatic carbocycles. The number of fused-ring (bicyclic) bond motifs is 1. The van der Waals surface area contributed by atoms with Crippen LogP contribution in [0.5, 0.6) is 0 Å². The number of hydrogen-bond donors (Lipinski definition) is 1. The van der Waals surface area contributed by atoms with E-state index in [2.05, 4.69) is 4.74 Å². The number of rotatable bonds is 5. The van der Waals surface area contributed by atoms with E-state index in [0.717, 1.165) is 11.1 Å². The smallest absolute Gasteiger partial charge is 0.411 e. The lowest BCUT2D eigenvalue weighted by Crippen LogP contribution is -2.25. The molecule has 1 heterocycles. The second-order valence-corrected chi connectivity index (χ2v) is 4.67. The van der Waals surface area contributed by atoms with Crippen LogP contribution in [-0.4, -0.2) is 41.9 Å². The molecule has 1 aliphatic heterocycles. The number of halogens is 3. The zero-order chi connectivity index (χ0) is 14.8. The molecule has 7 heteroatoms. The lowest BCUT2D eigenvalue weighted by molar-refractivity contribution is -0.174. The fourth-order valence-corrected chi connectivity index (χ4v) is 2.14. The molecule has 20 heavy (non-hydrogen) atoms. The first-order chi connectivity index (χ1) is 9.35. The van der Waals surface area contributed by atoms with Gasteiger partial charge < -0.3 is 9.84 Å². The van der Waals surface area contributed by atoms with E-state index in [4.69, 9.17) is 5.11 Å². The highest BCUT2D eigenvalue weighted by molar-refractivity contribution is 5.87. The minimum absolute atomic E-state index is 0.000708. The van der Waals surface area contributed by atoms with E-state index >= 15 is 0 Å². The number of benzene rings is 1. The zero-order valence-corrected chi connectivity index (χ0v) is 10.6. The van der Waals surface area contributed by atoms with Gasteiger partial charge in [0.05, 0.1) is 12.2 Å². The normalized spacial score (nSPS) is 15.3. The van der Waals surface area contributed by atoms with Crippen molar-refractivity contribution in [2.75, 3.05) is 19.8 Å². The van der Waals surface area contributed by atoms with E-state index < -0.39 is 18.8 Å². The number of nitrogens with zero attached hydrogens (tertiary/aromatic N) is 1. The van der Waals surface area contributed by atoms with Crippen LogP contribution in [-0.2, 0) is 17.8 Å². The SMILES string of the molecule is O=C(O)c1ccc2c(c1)CN(CCOCC(F)(F)F)C2. The van der Waals surface area contributed by atoms with Gasteiger partial charge in [0.1, 0.15) is 6.61 Å². The molecule has 4 nitrogen and oxygen atoms in total. The van der Waals surface area contributed by atoms with Crippen LogP contribution in [0.25, 0.3) is 0 Å². The summed E-state index contributed by atoms with van der Waals surface area (Å²) in [6, 6.07) is 4.88. The van der Waals surface area contributed by atoms with Crippen molar-refractivity contribution in [1.82, 2.24) is 4.90 Å². The number of alkyl halides is 3. The van der Waals surface area contributed by atoms with E-state index in [-0.39, 0.29) is 12.2 Å². The van der Waals surface area contributed by atoms with Gasteiger partial charge in [-0.05, 0) is 23.3 Å². The van der Waals surface area contributed by atoms with Crippen molar-refractivity contribution in [2.24, 2.45) is 0 Å². The molecule has 0 bridgehead atoms. The molecule has 0 spiro atoms. The molecule has 110 valence electrons. The molecule has 0 unspecified atom stereocenters. The molecule has 1 aromatic carbocycles. The van der Waals surface area contributed by atoms with E-state index in [1.165, 1.54) is 6.07 Å². The molecule has 1 aromatic rings. The highest BCUT2D eigenvalue weighted by Crippen LogP contribution is 2.23. The minimum Gasteiger partial charge on any atom is -0.478 e. The van der Waals surface area contributed by atoms with Crippen molar-refractivity contribution < 1.29 is 27.8 Å². The van der Waals surface area contributed by atoms with Crippen molar-refractivity contribution >= 4 is 5.97 Å². The summed E-state index contributed by atoms with van der Waals surface area (Å²) in [5.74, 6) is -0.986. The van der Waals surface area contributed by atoms with Crippen molar-refractivity contribution in [1.29, 1.82) is 0 Å². The second-order valence-electron chi connectivity index (χ2n) is 4.67. The Labute approximate surface area is 113 Å². The first-order valence-corrected chi connectivity index (χ1v) is 6.07. The maximum absolute atomic E-state index is 11.9. The third-order valence-electron chi connectivity index (χ3n) is 3.06. The van der Waals surface area contributed by atoms with Gasteiger partial charge in [0.15, 0.2) is 0 Å². The summed E-state index contributed by atoms with van der Waals surface area (Å²) >= 11 is 0. The number of carbonyl (C=O) groups is 1. The average molecular weight is 289 g/mol. The molecule has 0 radical (unpaired) electrons. The van der Waals surface area contributed by atoms with Gasteiger partial charge in [0, 0.05) is 19.6 Å². The topological polar surface area (TPSA) is 49.8 Å². The Bertz CT molecular complexity index is 502. The van der Waals surface area contributed by atoms with Gasteiger partial charge >= 0.3 is 12.1 Å². The number of ether oxygens (including phenoxy) is 1. The van der Waals surface area contributed by atoms with E-state index in [0.29, 0.717) is 19.6 Å². The van der Waals surface area contributed by atoms with Gasteiger partial charge in [-0.3, -0.25) is 4.90 Å². The first-order valence-electron chi connectivity index (χ1n) is 6.07. The van der Waals surface area contributed by atoms with Crippen LogP contribution in [0, 0.1) is 0 Å². The van der Waals surface area contributed by atoms with E-state index in [1.54, 1.807) is 12.1 Å². The lowest BCUT2D eigenvalue weighted by Gasteiger charge is -2.15. The summed E-state index contributed by atoms with van der Waals surface area (Å²) in [6.45, 7) is 0.278. The zero-order valence-electron chi connectivity index (χ0n) is 10.6. The van der Waals surface area contributed by atoms with Crippen LogP contribution in [0.2, 0.25) is 0 Å². The fraction of sp³-hybridized carbons (Fsp3) is 0.462. The summed E-state index contributed by atoms with van der Waals surface area (Å²) in [4.78, 5) is 12.8. The Hall–Kier alpha value is -1.60. The van der Waals surface area contributed by atoms with Gasteiger partial charge in [-0.25, -0.2) is 4.79 Å². The van der Waals surface area contributed by atoms with Crippen LogP contribution in [0.1, 0.15) is 21.5 Å². The van der Waals surface area contributed by atoms with Crippen molar-refractivity contribution in [3.05, 3.63) is 34.9 Å². The Kier molecular flexibility index (Phi) is 4.29. The molecule has 0 amide bonds. The molecular formula is C13H14F3NO3. The molecule has 0 fully saturated rings. The minimum atomic E-state index is -4.30. The number of hydrogen-bond acceptors (Lipinski definition) is 3. The van der Waals surface area contributed by atoms with Gasteiger partial charge in [0.25, 0.3) is 0 Å². The Morgan fingerprint density at radius 3 is 2.65 bits per heavy atom. The standard InChI is InChI=1S/C13H14F3NO3/c14-13(15,16)8-20-4-3-17-6-10-2-1-9(12(18)19)5-11(10)7-17/h1-2,5H,3-4,6-8H2,(H,18,19). The molecule has 0 atom stereocenters. The maximum atomic E-state index is 11.9. The van der Waals surface area contributed by atoms with Gasteiger partial charge in [-0.1, -0.05) is 6.07 Å². The van der Waals surface area contributed by atoms with Crippen LogP contribution in [0.4, 0.5) is 13.2 Å². The van der Waals surface area contributed by atoms with Gasteiger partial charge in [-0.2, -0.15) is 13.2 Å². The monoisotopic (exact) mass is 289 g/mol. The first kappa shape index (κ1) is 14.8. The molecular weight excluding hydrogens is 275 g/mol. The lowest BCUT2D eigenvalue weighted by atomic mass is 10.1. The van der Waals surface area contributed by atoms with Gasteiger partial charge in [0.2, 0.25) is 0 Å². The fourth-order valence-electron chi connectivity index (χ4n) is 2.14. The Balaban J connectivity index is 1.82. The maximum Gasteiger partial charge on any atom is 0.411 e. The Morgan fingerprint density at radius 2 is 2.00 bits per heavy atom. The van der Waals surface area contributed by atoms with Gasteiger partial charge in [-0.15, -0.1) is 0 Å². The predicted molar refractivity (Wildman–Crippen MR) is 64.4 cm³/mol. The molecule has 0 saturated carbocycles.